The van der Waals surface area contributed by atoms with Crippen LogP contribution in [0.1, 0.15) is 0 Å². The van der Waals surface area contributed by atoms with E-state index in [1.54, 1.807) is 6.20 Å². The SMILES string of the molecule is O=c1c(I)c[nH]c2cc(Br)ccc12. The monoisotopic (exact) mass is 349 g/mol. The average molecular weight is 350 g/mol. The van der Waals surface area contributed by atoms with Gasteiger partial charge in [0.1, 0.15) is 0 Å². The lowest BCUT2D eigenvalue weighted by atomic mass is 10.2. The van der Waals surface area contributed by atoms with Gasteiger partial charge in [-0.1, -0.05) is 15.9 Å². The largest absolute Gasteiger partial charge is 0.360 e. The Balaban J connectivity index is 2.95. The van der Waals surface area contributed by atoms with E-state index < -0.39 is 0 Å². The zero-order valence-electron chi connectivity index (χ0n) is 6.47. The van der Waals surface area contributed by atoms with Crippen molar-refractivity contribution < 1.29 is 0 Å². The summed E-state index contributed by atoms with van der Waals surface area (Å²) in [5.41, 5.74) is 0.946. The molecule has 0 saturated carbocycles. The Bertz CT molecular complexity index is 520. The fourth-order valence-corrected chi connectivity index (χ4v) is 1.98. The summed E-state index contributed by atoms with van der Waals surface area (Å²) in [6, 6.07) is 5.58. The number of aromatic amines is 1. The molecular formula is C9H5BrINO. The van der Waals surface area contributed by atoms with Gasteiger partial charge in [0.2, 0.25) is 5.43 Å². The Morgan fingerprint density at radius 1 is 1.38 bits per heavy atom. The molecule has 0 saturated heterocycles. The third-order valence-electron chi connectivity index (χ3n) is 1.80. The molecule has 0 fully saturated rings. The van der Waals surface area contributed by atoms with Gasteiger partial charge in [-0.15, -0.1) is 0 Å². The first kappa shape index (κ1) is 9.21. The van der Waals surface area contributed by atoms with Crippen molar-refractivity contribution in [1.82, 2.24) is 4.98 Å². The number of halogens is 2. The number of aromatic nitrogens is 1. The molecule has 4 heteroatoms. The quantitative estimate of drug-likeness (QED) is 0.729. The van der Waals surface area contributed by atoms with Gasteiger partial charge in [-0.05, 0) is 40.8 Å². The molecule has 0 radical (unpaired) electrons. The van der Waals surface area contributed by atoms with Gasteiger partial charge in [-0.25, -0.2) is 0 Å². The lowest BCUT2D eigenvalue weighted by molar-refractivity contribution is 1.36. The molecule has 1 N–H and O–H groups in total. The van der Waals surface area contributed by atoms with Crippen molar-refractivity contribution in [3.05, 3.63) is 42.7 Å². The highest BCUT2D eigenvalue weighted by Crippen LogP contribution is 2.15. The third-order valence-corrected chi connectivity index (χ3v) is 3.09. The van der Waals surface area contributed by atoms with Crippen molar-refractivity contribution >= 4 is 49.4 Å². The van der Waals surface area contributed by atoms with E-state index in [1.807, 2.05) is 40.8 Å². The lowest BCUT2D eigenvalue weighted by Crippen LogP contribution is -2.05. The fourth-order valence-electron chi connectivity index (χ4n) is 1.17. The Morgan fingerprint density at radius 3 is 2.92 bits per heavy atom. The number of benzene rings is 1. The summed E-state index contributed by atoms with van der Waals surface area (Å²) in [5, 5.41) is 0.732. The van der Waals surface area contributed by atoms with Crippen molar-refractivity contribution in [2.45, 2.75) is 0 Å². The zero-order chi connectivity index (χ0) is 9.42. The molecule has 0 aliphatic rings. The third kappa shape index (κ3) is 1.65. The molecule has 0 aliphatic carbocycles. The predicted molar refractivity (Wildman–Crippen MR) is 65.0 cm³/mol. The normalized spacial score (nSPS) is 10.6. The van der Waals surface area contributed by atoms with Crippen LogP contribution in [0, 0.1) is 3.57 Å². The van der Waals surface area contributed by atoms with E-state index in [0.29, 0.717) is 3.57 Å². The minimum absolute atomic E-state index is 0.0850. The molecule has 66 valence electrons. The number of pyridine rings is 1. The standard InChI is InChI=1S/C9H5BrINO/c10-5-1-2-6-8(3-5)12-4-7(11)9(6)13/h1-4H,(H,12,13). The van der Waals surface area contributed by atoms with Gasteiger partial charge in [-0.2, -0.15) is 0 Å². The molecule has 2 rings (SSSR count). The molecule has 2 aromatic rings. The Labute approximate surface area is 96.6 Å². The van der Waals surface area contributed by atoms with Crippen LogP contribution in [0.15, 0.2) is 33.7 Å². The van der Waals surface area contributed by atoms with Crippen molar-refractivity contribution in [2.24, 2.45) is 0 Å². The molecule has 2 nitrogen and oxygen atoms in total. The number of hydrogen-bond donors (Lipinski definition) is 1. The van der Waals surface area contributed by atoms with Gasteiger partial charge in [0.25, 0.3) is 0 Å². The number of hydrogen-bond acceptors (Lipinski definition) is 1. The van der Waals surface area contributed by atoms with Crippen LogP contribution < -0.4 is 5.43 Å². The first-order valence-corrected chi connectivity index (χ1v) is 5.52. The number of rotatable bonds is 0. The van der Waals surface area contributed by atoms with Gasteiger partial charge < -0.3 is 4.98 Å². The van der Waals surface area contributed by atoms with Crippen LogP contribution in [0.4, 0.5) is 0 Å². The van der Waals surface area contributed by atoms with Crippen LogP contribution >= 0.6 is 38.5 Å². The lowest BCUT2D eigenvalue weighted by Gasteiger charge is -1.98. The van der Waals surface area contributed by atoms with E-state index in [-0.39, 0.29) is 5.43 Å². The molecule has 1 aromatic heterocycles. The summed E-state index contributed by atoms with van der Waals surface area (Å²) in [4.78, 5) is 14.7. The van der Waals surface area contributed by atoms with E-state index in [2.05, 4.69) is 20.9 Å². The molecular weight excluding hydrogens is 345 g/mol. The van der Waals surface area contributed by atoms with E-state index in [0.717, 1.165) is 15.4 Å². The van der Waals surface area contributed by atoms with Crippen LogP contribution in [0.2, 0.25) is 0 Å². The minimum Gasteiger partial charge on any atom is -0.360 e. The topological polar surface area (TPSA) is 32.9 Å². The summed E-state index contributed by atoms with van der Waals surface area (Å²) < 4.78 is 1.68. The number of nitrogens with one attached hydrogen (secondary N) is 1. The first-order valence-electron chi connectivity index (χ1n) is 3.65. The molecule has 0 unspecified atom stereocenters. The van der Waals surface area contributed by atoms with Crippen LogP contribution in [-0.4, -0.2) is 4.98 Å². The fraction of sp³-hybridized carbons (Fsp3) is 0. The second-order valence-electron chi connectivity index (χ2n) is 2.66. The van der Waals surface area contributed by atoms with E-state index in [1.165, 1.54) is 0 Å². The highest BCUT2D eigenvalue weighted by molar-refractivity contribution is 14.1. The summed E-state index contributed by atoms with van der Waals surface area (Å²) in [7, 11) is 0. The highest BCUT2D eigenvalue weighted by Gasteiger charge is 2.01. The zero-order valence-corrected chi connectivity index (χ0v) is 10.2. The second-order valence-corrected chi connectivity index (χ2v) is 4.73. The molecule has 0 aliphatic heterocycles. The van der Waals surface area contributed by atoms with E-state index >= 15 is 0 Å². The number of H-pyrrole nitrogens is 1. The van der Waals surface area contributed by atoms with Gasteiger partial charge in [0.05, 0.1) is 9.09 Å². The van der Waals surface area contributed by atoms with E-state index in [9.17, 15) is 4.79 Å². The molecule has 0 amide bonds. The summed E-state index contributed by atoms with van der Waals surface area (Å²) in [5.74, 6) is 0. The highest BCUT2D eigenvalue weighted by atomic mass is 127. The second kappa shape index (κ2) is 3.42. The summed E-state index contributed by atoms with van der Waals surface area (Å²) >= 11 is 5.38. The van der Waals surface area contributed by atoms with Crippen LogP contribution in [-0.2, 0) is 0 Å². The molecule has 0 atom stereocenters. The van der Waals surface area contributed by atoms with Crippen LogP contribution in [0.5, 0.6) is 0 Å². The van der Waals surface area contributed by atoms with Gasteiger partial charge in [0.15, 0.2) is 0 Å². The predicted octanol–water partition coefficient (Wildman–Crippen LogP) is 2.90. The Hall–Kier alpha value is -0.360. The van der Waals surface area contributed by atoms with Gasteiger partial charge in [0, 0.05) is 16.1 Å². The molecule has 1 heterocycles. The molecule has 0 bridgehead atoms. The van der Waals surface area contributed by atoms with Gasteiger partial charge >= 0.3 is 0 Å². The average Bonchev–Trinajstić information content (AvgIpc) is 2.12. The van der Waals surface area contributed by atoms with Crippen molar-refractivity contribution in [3.63, 3.8) is 0 Å². The molecule has 13 heavy (non-hydrogen) atoms. The van der Waals surface area contributed by atoms with Crippen LogP contribution in [0.3, 0.4) is 0 Å². The maximum atomic E-state index is 11.6. The Morgan fingerprint density at radius 2 is 2.15 bits per heavy atom. The molecule has 0 spiro atoms. The smallest absolute Gasteiger partial charge is 0.202 e. The maximum Gasteiger partial charge on any atom is 0.202 e. The molecule has 1 aromatic carbocycles. The first-order chi connectivity index (χ1) is 6.18. The summed E-state index contributed by atoms with van der Waals surface area (Å²) in [6.45, 7) is 0. The minimum atomic E-state index is 0.0850. The number of fused-ring (bicyclic) bond motifs is 1. The van der Waals surface area contributed by atoms with Crippen molar-refractivity contribution in [1.29, 1.82) is 0 Å². The summed E-state index contributed by atoms with van der Waals surface area (Å²) in [6.07, 6.45) is 1.72. The van der Waals surface area contributed by atoms with Crippen molar-refractivity contribution in [3.8, 4) is 0 Å². The Kier molecular flexibility index (Phi) is 2.42. The van der Waals surface area contributed by atoms with Gasteiger partial charge in [-0.3, -0.25) is 4.79 Å². The van der Waals surface area contributed by atoms with Crippen molar-refractivity contribution in [2.75, 3.05) is 0 Å². The van der Waals surface area contributed by atoms with E-state index in [4.69, 9.17) is 0 Å². The van der Waals surface area contributed by atoms with Crippen LogP contribution in [0.25, 0.3) is 10.9 Å². The maximum absolute atomic E-state index is 11.6.